The molecule has 0 amide bonds. The van der Waals surface area contributed by atoms with E-state index >= 15 is 0 Å². The van der Waals surface area contributed by atoms with Crippen molar-refractivity contribution in [2.24, 2.45) is 11.5 Å². The topological polar surface area (TPSA) is 61.3 Å². The molecule has 13 heavy (non-hydrogen) atoms. The van der Waals surface area contributed by atoms with Crippen LogP contribution in [-0.2, 0) is 11.3 Å². The maximum atomic E-state index is 5.70. The summed E-state index contributed by atoms with van der Waals surface area (Å²) in [7, 11) is 0. The average Bonchev–Trinajstić information content (AvgIpc) is 2.16. The van der Waals surface area contributed by atoms with Crippen molar-refractivity contribution < 1.29 is 4.74 Å². The Bertz CT molecular complexity index is 295. The lowest BCUT2D eigenvalue weighted by molar-refractivity contribution is 0.195. The van der Waals surface area contributed by atoms with Crippen LogP contribution in [0.5, 0.6) is 0 Å². The van der Waals surface area contributed by atoms with Crippen LogP contribution in [-0.4, -0.2) is 0 Å². The third-order valence-electron chi connectivity index (χ3n) is 1.48. The second-order valence-corrected chi connectivity index (χ2v) is 2.92. The van der Waals surface area contributed by atoms with Gasteiger partial charge in [-0.2, -0.15) is 0 Å². The molecule has 1 aromatic rings. The number of hydrogen-bond acceptors (Lipinski definition) is 3. The molecule has 3 nitrogen and oxygen atoms in total. The highest BCUT2D eigenvalue weighted by Gasteiger charge is 1.94. The predicted molar refractivity (Wildman–Crippen MR) is 52.7 cm³/mol. The van der Waals surface area contributed by atoms with Crippen molar-refractivity contribution in [3.63, 3.8) is 0 Å². The Balaban J connectivity index is 2.51. The average molecular weight is 199 g/mol. The van der Waals surface area contributed by atoms with E-state index in [2.05, 4.69) is 0 Å². The van der Waals surface area contributed by atoms with Crippen LogP contribution in [0.15, 0.2) is 36.3 Å². The highest BCUT2D eigenvalue weighted by atomic mass is 35.5. The number of nitrogens with two attached hydrogens (primary N) is 2. The molecule has 1 rings (SSSR count). The molecule has 0 saturated carbocycles. The van der Waals surface area contributed by atoms with Gasteiger partial charge in [-0.05, 0) is 17.7 Å². The minimum absolute atomic E-state index is 0.218. The fourth-order valence-corrected chi connectivity index (χ4v) is 0.921. The van der Waals surface area contributed by atoms with Crippen molar-refractivity contribution in [1.82, 2.24) is 0 Å². The van der Waals surface area contributed by atoms with E-state index in [1.54, 1.807) is 12.1 Å². The molecule has 0 aliphatic rings. The number of hydrogen-bond donors (Lipinski definition) is 2. The Morgan fingerprint density at radius 1 is 1.38 bits per heavy atom. The molecular weight excluding hydrogens is 188 g/mol. The van der Waals surface area contributed by atoms with Gasteiger partial charge in [-0.25, -0.2) is 0 Å². The van der Waals surface area contributed by atoms with Crippen molar-refractivity contribution in [3.8, 4) is 0 Å². The van der Waals surface area contributed by atoms with Gasteiger partial charge in [0.25, 0.3) is 0 Å². The summed E-state index contributed by atoms with van der Waals surface area (Å²) in [4.78, 5) is 0. The minimum atomic E-state index is 0.218. The summed E-state index contributed by atoms with van der Waals surface area (Å²) < 4.78 is 5.09. The fraction of sp³-hybridized carbons (Fsp3) is 0.111. The lowest BCUT2D eigenvalue weighted by Gasteiger charge is -2.04. The zero-order valence-corrected chi connectivity index (χ0v) is 7.79. The van der Waals surface area contributed by atoms with Gasteiger partial charge in [0.2, 0.25) is 0 Å². The monoisotopic (exact) mass is 198 g/mol. The highest BCUT2D eigenvalue weighted by molar-refractivity contribution is 6.30. The van der Waals surface area contributed by atoms with E-state index in [0.29, 0.717) is 11.6 Å². The van der Waals surface area contributed by atoms with Crippen LogP contribution in [0.2, 0.25) is 5.02 Å². The van der Waals surface area contributed by atoms with Crippen molar-refractivity contribution in [1.29, 1.82) is 0 Å². The SMILES string of the molecule is N/C=C(/N)OCc1ccc(Cl)cc1. The van der Waals surface area contributed by atoms with Crippen LogP contribution in [0, 0.1) is 0 Å². The van der Waals surface area contributed by atoms with Crippen molar-refractivity contribution >= 4 is 11.6 Å². The summed E-state index contributed by atoms with van der Waals surface area (Å²) in [5.74, 6) is 0.218. The van der Waals surface area contributed by atoms with E-state index in [4.69, 9.17) is 27.8 Å². The van der Waals surface area contributed by atoms with Crippen LogP contribution in [0.4, 0.5) is 0 Å². The van der Waals surface area contributed by atoms with Crippen molar-refractivity contribution in [3.05, 3.63) is 46.9 Å². The molecular formula is C9H11ClN2O. The van der Waals surface area contributed by atoms with Gasteiger partial charge in [0.15, 0.2) is 5.88 Å². The quantitative estimate of drug-likeness (QED) is 0.725. The standard InChI is InChI=1S/C9H11ClN2O/c10-8-3-1-7(2-4-8)6-13-9(12)5-11/h1-5H,6,11-12H2/b9-5-. The van der Waals surface area contributed by atoms with Gasteiger partial charge in [-0.1, -0.05) is 23.7 Å². The summed E-state index contributed by atoms with van der Waals surface area (Å²) in [5.41, 5.74) is 11.5. The number of benzene rings is 1. The van der Waals surface area contributed by atoms with Gasteiger partial charge in [-0.3, -0.25) is 0 Å². The molecule has 0 radical (unpaired) electrons. The van der Waals surface area contributed by atoms with Crippen LogP contribution >= 0.6 is 11.6 Å². The molecule has 0 fully saturated rings. The largest absolute Gasteiger partial charge is 0.473 e. The first-order valence-electron chi connectivity index (χ1n) is 3.77. The van der Waals surface area contributed by atoms with Crippen LogP contribution < -0.4 is 11.5 Å². The Labute approximate surface area is 81.9 Å². The molecule has 0 aromatic heterocycles. The predicted octanol–water partition coefficient (Wildman–Crippen LogP) is 1.57. The first kappa shape index (κ1) is 9.74. The minimum Gasteiger partial charge on any atom is -0.473 e. The lowest BCUT2D eigenvalue weighted by atomic mass is 10.2. The zero-order chi connectivity index (χ0) is 9.68. The van der Waals surface area contributed by atoms with E-state index in [9.17, 15) is 0 Å². The van der Waals surface area contributed by atoms with Crippen LogP contribution in [0.25, 0.3) is 0 Å². The normalized spacial score (nSPS) is 11.3. The third kappa shape index (κ3) is 3.25. The van der Waals surface area contributed by atoms with Crippen LogP contribution in [0.3, 0.4) is 0 Å². The van der Waals surface area contributed by atoms with Crippen molar-refractivity contribution in [2.75, 3.05) is 0 Å². The molecule has 0 bridgehead atoms. The van der Waals surface area contributed by atoms with Gasteiger partial charge in [0.1, 0.15) is 6.61 Å². The van der Waals surface area contributed by atoms with Gasteiger partial charge in [0.05, 0.1) is 6.20 Å². The van der Waals surface area contributed by atoms with Gasteiger partial charge in [0, 0.05) is 5.02 Å². The Hall–Kier alpha value is -1.35. The maximum Gasteiger partial charge on any atom is 0.200 e. The van der Waals surface area contributed by atoms with E-state index in [0.717, 1.165) is 5.56 Å². The summed E-state index contributed by atoms with van der Waals surface area (Å²) >= 11 is 5.70. The molecule has 4 N–H and O–H groups in total. The summed E-state index contributed by atoms with van der Waals surface area (Å²) in [6.45, 7) is 0.400. The molecule has 1 aromatic carbocycles. The smallest absolute Gasteiger partial charge is 0.200 e. The Morgan fingerprint density at radius 2 is 2.00 bits per heavy atom. The molecule has 4 heteroatoms. The lowest BCUT2D eigenvalue weighted by Crippen LogP contribution is -2.05. The molecule has 0 spiro atoms. The molecule has 0 saturated heterocycles. The Morgan fingerprint density at radius 3 is 2.54 bits per heavy atom. The second-order valence-electron chi connectivity index (χ2n) is 2.48. The number of ether oxygens (including phenoxy) is 1. The first-order chi connectivity index (χ1) is 6.22. The fourth-order valence-electron chi connectivity index (χ4n) is 0.795. The molecule has 70 valence electrons. The van der Waals surface area contributed by atoms with E-state index in [1.807, 2.05) is 12.1 Å². The molecule has 0 aliphatic carbocycles. The molecule has 0 aliphatic heterocycles. The molecule has 0 atom stereocenters. The highest BCUT2D eigenvalue weighted by Crippen LogP contribution is 2.10. The van der Waals surface area contributed by atoms with Crippen molar-refractivity contribution in [2.45, 2.75) is 6.61 Å². The van der Waals surface area contributed by atoms with E-state index < -0.39 is 0 Å². The molecule has 0 unspecified atom stereocenters. The maximum absolute atomic E-state index is 5.70. The summed E-state index contributed by atoms with van der Waals surface area (Å²) in [6, 6.07) is 7.32. The Kier molecular flexibility index (Phi) is 3.46. The van der Waals surface area contributed by atoms with E-state index in [-0.39, 0.29) is 5.88 Å². The molecule has 0 heterocycles. The van der Waals surface area contributed by atoms with Gasteiger partial charge in [-0.15, -0.1) is 0 Å². The van der Waals surface area contributed by atoms with E-state index in [1.165, 1.54) is 6.20 Å². The zero-order valence-electron chi connectivity index (χ0n) is 7.03. The number of halogens is 1. The van der Waals surface area contributed by atoms with Gasteiger partial charge >= 0.3 is 0 Å². The van der Waals surface area contributed by atoms with Gasteiger partial charge < -0.3 is 16.2 Å². The second kappa shape index (κ2) is 4.62. The third-order valence-corrected chi connectivity index (χ3v) is 1.74. The summed E-state index contributed by atoms with van der Waals surface area (Å²) in [6.07, 6.45) is 1.22. The first-order valence-corrected chi connectivity index (χ1v) is 4.15. The van der Waals surface area contributed by atoms with Crippen LogP contribution in [0.1, 0.15) is 5.56 Å². The number of rotatable bonds is 3. The summed E-state index contributed by atoms with van der Waals surface area (Å²) in [5, 5.41) is 0.700.